The fourth-order valence-electron chi connectivity index (χ4n) is 1.71. The molecule has 0 aromatic carbocycles. The van der Waals surface area contributed by atoms with Crippen LogP contribution in [0, 0.1) is 0 Å². The Bertz CT molecular complexity index is 353. The van der Waals surface area contributed by atoms with Gasteiger partial charge in [-0.15, -0.1) is 0 Å². The third-order valence-corrected chi connectivity index (χ3v) is 2.58. The van der Waals surface area contributed by atoms with Crippen LogP contribution in [0.25, 0.3) is 0 Å². The summed E-state index contributed by atoms with van der Waals surface area (Å²) in [6.07, 6.45) is 0.951. The highest BCUT2D eigenvalue weighted by Gasteiger charge is 2.12. The van der Waals surface area contributed by atoms with Gasteiger partial charge in [-0.1, -0.05) is 6.92 Å². The zero-order valence-electron chi connectivity index (χ0n) is 11.2. The van der Waals surface area contributed by atoms with Crippen LogP contribution < -0.4 is 15.4 Å². The summed E-state index contributed by atoms with van der Waals surface area (Å²) in [6, 6.07) is 4.21. The Kier molecular flexibility index (Phi) is 5.07. The average Bonchev–Trinajstić information content (AvgIpc) is 2.30. The van der Waals surface area contributed by atoms with E-state index in [9.17, 15) is 0 Å². The van der Waals surface area contributed by atoms with Crippen molar-refractivity contribution in [3.05, 3.63) is 12.1 Å². The monoisotopic (exact) mass is 237 g/mol. The van der Waals surface area contributed by atoms with Crippen LogP contribution in [0.5, 0.6) is 5.88 Å². The van der Waals surface area contributed by atoms with Crippen molar-refractivity contribution in [2.24, 2.45) is 0 Å². The summed E-state index contributed by atoms with van der Waals surface area (Å²) in [5, 5.41) is 0. The van der Waals surface area contributed by atoms with E-state index in [1.54, 1.807) is 0 Å². The molecule has 1 heterocycles. The van der Waals surface area contributed by atoms with Crippen molar-refractivity contribution < 1.29 is 4.74 Å². The van der Waals surface area contributed by atoms with Gasteiger partial charge < -0.3 is 15.4 Å². The van der Waals surface area contributed by atoms with Crippen LogP contribution in [-0.4, -0.2) is 24.2 Å². The lowest BCUT2D eigenvalue weighted by Crippen LogP contribution is -2.31. The molecule has 0 aliphatic rings. The number of aromatic nitrogens is 1. The van der Waals surface area contributed by atoms with Gasteiger partial charge in [-0.2, -0.15) is 4.98 Å². The minimum atomic E-state index is 0.412. The molecule has 0 fully saturated rings. The predicted molar refractivity (Wildman–Crippen MR) is 72.6 cm³/mol. The Morgan fingerprint density at radius 1 is 1.35 bits per heavy atom. The van der Waals surface area contributed by atoms with E-state index in [0.29, 0.717) is 24.2 Å². The Hall–Kier alpha value is -1.45. The molecule has 0 aliphatic carbocycles. The number of nitrogen functional groups attached to an aromatic ring is 1. The zero-order chi connectivity index (χ0) is 12.8. The van der Waals surface area contributed by atoms with Crippen molar-refractivity contribution >= 4 is 11.5 Å². The molecular weight excluding hydrogens is 214 g/mol. The summed E-state index contributed by atoms with van der Waals surface area (Å²) in [4.78, 5) is 6.69. The van der Waals surface area contributed by atoms with Gasteiger partial charge in [-0.3, -0.25) is 0 Å². The number of hydrogen-bond acceptors (Lipinski definition) is 4. The maximum atomic E-state index is 5.84. The van der Waals surface area contributed by atoms with Gasteiger partial charge in [0.25, 0.3) is 0 Å². The molecule has 0 unspecified atom stereocenters. The first-order valence-electron chi connectivity index (χ1n) is 6.26. The summed E-state index contributed by atoms with van der Waals surface area (Å²) in [5.41, 5.74) is 6.44. The van der Waals surface area contributed by atoms with Crippen LogP contribution in [0.4, 0.5) is 11.5 Å². The molecule has 1 aromatic heterocycles. The maximum absolute atomic E-state index is 5.84. The van der Waals surface area contributed by atoms with E-state index in [0.717, 1.165) is 18.8 Å². The summed E-state index contributed by atoms with van der Waals surface area (Å²) < 4.78 is 5.54. The first-order valence-corrected chi connectivity index (χ1v) is 6.26. The number of hydrogen-bond donors (Lipinski definition) is 1. The molecule has 0 spiro atoms. The van der Waals surface area contributed by atoms with Gasteiger partial charge in [-0.05, 0) is 39.3 Å². The van der Waals surface area contributed by atoms with Gasteiger partial charge in [0.2, 0.25) is 5.88 Å². The minimum Gasteiger partial charge on any atom is -0.476 e. The minimum absolute atomic E-state index is 0.412. The van der Waals surface area contributed by atoms with Crippen LogP contribution in [0.3, 0.4) is 0 Å². The van der Waals surface area contributed by atoms with Crippen molar-refractivity contribution in [3.63, 3.8) is 0 Å². The summed E-state index contributed by atoms with van der Waals surface area (Å²) in [6.45, 7) is 10.0. The molecule has 1 aromatic rings. The molecule has 0 amide bonds. The van der Waals surface area contributed by atoms with Gasteiger partial charge >= 0.3 is 0 Å². The van der Waals surface area contributed by atoms with Crippen molar-refractivity contribution in [1.82, 2.24) is 4.98 Å². The van der Waals surface area contributed by atoms with E-state index in [-0.39, 0.29) is 0 Å². The smallest absolute Gasteiger partial charge is 0.239 e. The molecule has 0 saturated heterocycles. The van der Waals surface area contributed by atoms with Crippen LogP contribution in [0.1, 0.15) is 34.1 Å². The van der Waals surface area contributed by atoms with Crippen molar-refractivity contribution in [2.45, 2.75) is 40.2 Å². The number of nitrogens with zero attached hydrogens (tertiary/aromatic N) is 2. The third kappa shape index (κ3) is 3.51. The molecule has 96 valence electrons. The van der Waals surface area contributed by atoms with Gasteiger partial charge in [0.05, 0.1) is 12.3 Å². The van der Waals surface area contributed by atoms with Crippen molar-refractivity contribution in [1.29, 1.82) is 0 Å². The molecule has 0 saturated carbocycles. The summed E-state index contributed by atoms with van der Waals surface area (Å²) >= 11 is 0. The number of ether oxygens (including phenoxy) is 1. The molecule has 1 rings (SSSR count). The molecule has 0 aliphatic heterocycles. The van der Waals surface area contributed by atoms with Crippen LogP contribution >= 0.6 is 0 Å². The second-order valence-corrected chi connectivity index (χ2v) is 4.29. The molecule has 4 nitrogen and oxygen atoms in total. The van der Waals surface area contributed by atoms with Crippen molar-refractivity contribution in [2.75, 3.05) is 23.8 Å². The van der Waals surface area contributed by atoms with Gasteiger partial charge in [-0.25, -0.2) is 0 Å². The SMILES string of the molecule is CCCOc1nc(N(CC)C(C)C)ccc1N. The fraction of sp³-hybridized carbons (Fsp3) is 0.615. The predicted octanol–water partition coefficient (Wildman–Crippen LogP) is 2.69. The molecule has 17 heavy (non-hydrogen) atoms. The lowest BCUT2D eigenvalue weighted by atomic mass is 10.3. The summed E-state index contributed by atoms with van der Waals surface area (Å²) in [5.74, 6) is 1.46. The zero-order valence-corrected chi connectivity index (χ0v) is 11.2. The molecule has 0 bridgehead atoms. The van der Waals surface area contributed by atoms with Gasteiger partial charge in [0.15, 0.2) is 0 Å². The number of pyridine rings is 1. The lowest BCUT2D eigenvalue weighted by Gasteiger charge is -2.26. The van der Waals surface area contributed by atoms with Crippen LogP contribution in [-0.2, 0) is 0 Å². The van der Waals surface area contributed by atoms with Crippen LogP contribution in [0.15, 0.2) is 12.1 Å². The Balaban J connectivity index is 2.93. The highest BCUT2D eigenvalue weighted by Crippen LogP contribution is 2.24. The second kappa shape index (κ2) is 6.33. The first kappa shape index (κ1) is 13.6. The number of anilines is 2. The Morgan fingerprint density at radius 2 is 2.06 bits per heavy atom. The van der Waals surface area contributed by atoms with E-state index in [2.05, 4.69) is 37.6 Å². The topological polar surface area (TPSA) is 51.4 Å². The normalized spacial score (nSPS) is 10.6. The van der Waals surface area contributed by atoms with E-state index < -0.39 is 0 Å². The largest absolute Gasteiger partial charge is 0.476 e. The quantitative estimate of drug-likeness (QED) is 0.826. The molecule has 0 radical (unpaired) electrons. The highest BCUT2D eigenvalue weighted by molar-refractivity contribution is 5.54. The van der Waals surface area contributed by atoms with Crippen LogP contribution in [0.2, 0.25) is 0 Å². The fourth-order valence-corrected chi connectivity index (χ4v) is 1.71. The highest BCUT2D eigenvalue weighted by atomic mass is 16.5. The third-order valence-electron chi connectivity index (χ3n) is 2.58. The second-order valence-electron chi connectivity index (χ2n) is 4.29. The maximum Gasteiger partial charge on any atom is 0.239 e. The molecule has 2 N–H and O–H groups in total. The van der Waals surface area contributed by atoms with E-state index in [1.165, 1.54) is 0 Å². The standard InChI is InChI=1S/C13H23N3O/c1-5-9-17-13-11(14)7-8-12(15-13)16(6-2)10(3)4/h7-8,10H,5-6,9,14H2,1-4H3. The number of nitrogens with two attached hydrogens (primary N) is 1. The summed E-state index contributed by atoms with van der Waals surface area (Å²) in [7, 11) is 0. The molecule has 4 heteroatoms. The Morgan fingerprint density at radius 3 is 2.59 bits per heavy atom. The lowest BCUT2D eigenvalue weighted by molar-refractivity contribution is 0.307. The first-order chi connectivity index (χ1) is 8.10. The van der Waals surface area contributed by atoms with E-state index >= 15 is 0 Å². The molecular formula is C13H23N3O. The van der Waals surface area contributed by atoms with E-state index in [1.807, 2.05) is 12.1 Å². The van der Waals surface area contributed by atoms with Gasteiger partial charge in [0.1, 0.15) is 5.82 Å². The number of rotatable bonds is 6. The molecule has 0 atom stereocenters. The van der Waals surface area contributed by atoms with Crippen molar-refractivity contribution in [3.8, 4) is 5.88 Å². The average molecular weight is 237 g/mol. The van der Waals surface area contributed by atoms with E-state index in [4.69, 9.17) is 10.5 Å². The Labute approximate surface area is 104 Å². The van der Waals surface area contributed by atoms with Gasteiger partial charge in [0, 0.05) is 12.6 Å².